The van der Waals surface area contributed by atoms with Gasteiger partial charge in [0.25, 0.3) is 0 Å². The Hall–Kier alpha value is -1.75. The molecule has 1 saturated heterocycles. The Morgan fingerprint density at radius 3 is 3.00 bits per heavy atom. The monoisotopic (exact) mass is 236 g/mol. The fourth-order valence-electron chi connectivity index (χ4n) is 1.82. The fraction of sp³-hybridized carbons (Fsp3) is 0.417. The van der Waals surface area contributed by atoms with Gasteiger partial charge in [0.05, 0.1) is 12.2 Å². The summed E-state index contributed by atoms with van der Waals surface area (Å²) in [6.45, 7) is 1.38. The van der Waals surface area contributed by atoms with Crippen LogP contribution in [0.3, 0.4) is 0 Å². The van der Waals surface area contributed by atoms with Gasteiger partial charge in [0, 0.05) is 6.61 Å². The highest BCUT2D eigenvalue weighted by molar-refractivity contribution is 5.99. The standard InChI is InChI=1S/C12H16N2O3/c13-12(14-15)10-5-1-2-6-11(10)17-9-4-3-7-16-8-9/h1-2,5-6,9,15H,3-4,7-8H2,(H2,13,14). The van der Waals surface area contributed by atoms with E-state index in [2.05, 4.69) is 5.16 Å². The third-order valence-electron chi connectivity index (χ3n) is 2.68. The van der Waals surface area contributed by atoms with E-state index in [0.717, 1.165) is 19.4 Å². The van der Waals surface area contributed by atoms with Crippen molar-refractivity contribution in [1.82, 2.24) is 0 Å². The summed E-state index contributed by atoms with van der Waals surface area (Å²) in [6.07, 6.45) is 2.00. The molecule has 0 spiro atoms. The van der Waals surface area contributed by atoms with E-state index >= 15 is 0 Å². The lowest BCUT2D eigenvalue weighted by atomic mass is 10.1. The maximum Gasteiger partial charge on any atom is 0.173 e. The number of para-hydroxylation sites is 1. The number of rotatable bonds is 3. The lowest BCUT2D eigenvalue weighted by Gasteiger charge is -2.24. The lowest BCUT2D eigenvalue weighted by molar-refractivity contribution is 0.00734. The molecule has 0 radical (unpaired) electrons. The molecule has 1 aromatic carbocycles. The topological polar surface area (TPSA) is 77.1 Å². The van der Waals surface area contributed by atoms with E-state index in [4.69, 9.17) is 20.4 Å². The van der Waals surface area contributed by atoms with Crippen LogP contribution in [0.15, 0.2) is 29.4 Å². The van der Waals surface area contributed by atoms with Crippen molar-refractivity contribution in [2.45, 2.75) is 18.9 Å². The largest absolute Gasteiger partial charge is 0.487 e. The first-order valence-electron chi connectivity index (χ1n) is 5.62. The highest BCUT2D eigenvalue weighted by atomic mass is 16.5. The van der Waals surface area contributed by atoms with E-state index in [0.29, 0.717) is 17.9 Å². The second kappa shape index (κ2) is 5.54. The Bertz CT molecular complexity index is 400. The molecule has 1 aromatic rings. The third kappa shape index (κ3) is 2.88. The quantitative estimate of drug-likeness (QED) is 0.359. The number of nitrogens with zero attached hydrogens (tertiary/aromatic N) is 1. The van der Waals surface area contributed by atoms with Gasteiger partial charge in [-0.1, -0.05) is 17.3 Å². The number of hydrogen-bond acceptors (Lipinski definition) is 4. The molecule has 1 fully saturated rings. The molecule has 3 N–H and O–H groups in total. The molecular weight excluding hydrogens is 220 g/mol. The maximum absolute atomic E-state index is 8.70. The highest BCUT2D eigenvalue weighted by Crippen LogP contribution is 2.21. The first-order valence-corrected chi connectivity index (χ1v) is 5.62. The van der Waals surface area contributed by atoms with Gasteiger partial charge >= 0.3 is 0 Å². The van der Waals surface area contributed by atoms with Gasteiger partial charge in [-0.25, -0.2) is 0 Å². The van der Waals surface area contributed by atoms with E-state index in [-0.39, 0.29) is 11.9 Å². The molecule has 1 aliphatic heterocycles. The van der Waals surface area contributed by atoms with E-state index in [1.54, 1.807) is 6.07 Å². The molecule has 0 aliphatic carbocycles. The van der Waals surface area contributed by atoms with Gasteiger partial charge < -0.3 is 20.4 Å². The van der Waals surface area contributed by atoms with E-state index < -0.39 is 0 Å². The molecule has 0 saturated carbocycles. The first-order chi connectivity index (χ1) is 8.31. The summed E-state index contributed by atoms with van der Waals surface area (Å²) in [5.74, 6) is 0.677. The van der Waals surface area contributed by atoms with Crippen molar-refractivity contribution in [3.05, 3.63) is 29.8 Å². The molecule has 17 heavy (non-hydrogen) atoms. The third-order valence-corrected chi connectivity index (χ3v) is 2.68. The van der Waals surface area contributed by atoms with Crippen LogP contribution in [0, 0.1) is 0 Å². The molecule has 2 rings (SSSR count). The van der Waals surface area contributed by atoms with Gasteiger partial charge in [0.1, 0.15) is 11.9 Å². The van der Waals surface area contributed by atoms with Crippen LogP contribution < -0.4 is 10.5 Å². The Morgan fingerprint density at radius 1 is 1.47 bits per heavy atom. The van der Waals surface area contributed by atoms with Crippen LogP contribution in [-0.2, 0) is 4.74 Å². The SMILES string of the molecule is N/C(=N/O)c1ccccc1OC1CCCOC1. The van der Waals surface area contributed by atoms with Crippen LogP contribution in [0.4, 0.5) is 0 Å². The molecule has 0 bridgehead atoms. The van der Waals surface area contributed by atoms with Crippen LogP contribution >= 0.6 is 0 Å². The summed E-state index contributed by atoms with van der Waals surface area (Å²) in [5.41, 5.74) is 6.19. The van der Waals surface area contributed by atoms with Crippen LogP contribution in [-0.4, -0.2) is 30.4 Å². The summed E-state index contributed by atoms with van der Waals surface area (Å²) in [4.78, 5) is 0. The van der Waals surface area contributed by atoms with Gasteiger partial charge in [0.15, 0.2) is 5.84 Å². The normalized spacial score (nSPS) is 21.2. The van der Waals surface area contributed by atoms with Crippen molar-refractivity contribution >= 4 is 5.84 Å². The molecule has 1 heterocycles. The zero-order valence-electron chi connectivity index (χ0n) is 9.50. The predicted molar refractivity (Wildman–Crippen MR) is 63.4 cm³/mol. The zero-order valence-corrected chi connectivity index (χ0v) is 9.50. The summed E-state index contributed by atoms with van der Waals surface area (Å²) in [5, 5.41) is 11.7. The van der Waals surface area contributed by atoms with Crippen LogP contribution in [0.25, 0.3) is 0 Å². The van der Waals surface area contributed by atoms with E-state index in [9.17, 15) is 0 Å². The highest BCUT2D eigenvalue weighted by Gasteiger charge is 2.17. The molecule has 5 nitrogen and oxygen atoms in total. The summed E-state index contributed by atoms with van der Waals surface area (Å²) in [6, 6.07) is 7.24. The minimum absolute atomic E-state index is 0.0383. The lowest BCUT2D eigenvalue weighted by Crippen LogP contribution is -2.29. The molecule has 1 aliphatic rings. The Kier molecular flexibility index (Phi) is 3.82. The Labute approximate surface area is 99.8 Å². The van der Waals surface area contributed by atoms with Gasteiger partial charge in [0.2, 0.25) is 0 Å². The number of amidine groups is 1. The first kappa shape index (κ1) is 11.7. The van der Waals surface area contributed by atoms with E-state index in [1.807, 2.05) is 18.2 Å². The Morgan fingerprint density at radius 2 is 2.29 bits per heavy atom. The molecule has 5 heteroatoms. The molecule has 1 unspecified atom stereocenters. The van der Waals surface area contributed by atoms with Crippen LogP contribution in [0.5, 0.6) is 5.75 Å². The van der Waals surface area contributed by atoms with Crippen molar-refractivity contribution < 1.29 is 14.7 Å². The Balaban J connectivity index is 2.14. The minimum Gasteiger partial charge on any atom is -0.487 e. The molecule has 1 atom stereocenters. The summed E-state index contributed by atoms with van der Waals surface area (Å²) < 4.78 is 11.2. The molecular formula is C12H16N2O3. The smallest absolute Gasteiger partial charge is 0.173 e. The van der Waals surface area contributed by atoms with Crippen LogP contribution in [0.1, 0.15) is 18.4 Å². The van der Waals surface area contributed by atoms with Crippen molar-refractivity contribution in [3.63, 3.8) is 0 Å². The zero-order chi connectivity index (χ0) is 12.1. The number of nitrogens with two attached hydrogens (primary N) is 1. The second-order valence-corrected chi connectivity index (χ2v) is 3.94. The number of ether oxygens (including phenoxy) is 2. The van der Waals surface area contributed by atoms with Gasteiger partial charge in [-0.15, -0.1) is 0 Å². The van der Waals surface area contributed by atoms with Crippen LogP contribution in [0.2, 0.25) is 0 Å². The average Bonchev–Trinajstić information content (AvgIpc) is 2.40. The summed E-state index contributed by atoms with van der Waals surface area (Å²) >= 11 is 0. The molecule has 0 amide bonds. The number of benzene rings is 1. The minimum atomic E-state index is 0.0383. The van der Waals surface area contributed by atoms with Gasteiger partial charge in [-0.2, -0.15) is 0 Å². The maximum atomic E-state index is 8.70. The van der Waals surface area contributed by atoms with Crippen molar-refractivity contribution in [2.24, 2.45) is 10.9 Å². The average molecular weight is 236 g/mol. The number of oxime groups is 1. The number of hydrogen-bond donors (Lipinski definition) is 2. The van der Waals surface area contributed by atoms with Gasteiger partial charge in [-0.3, -0.25) is 0 Å². The second-order valence-electron chi connectivity index (χ2n) is 3.94. The van der Waals surface area contributed by atoms with Crippen molar-refractivity contribution in [3.8, 4) is 5.75 Å². The van der Waals surface area contributed by atoms with E-state index in [1.165, 1.54) is 0 Å². The van der Waals surface area contributed by atoms with Gasteiger partial charge in [-0.05, 0) is 25.0 Å². The van der Waals surface area contributed by atoms with Crippen molar-refractivity contribution in [1.29, 1.82) is 0 Å². The molecule has 0 aromatic heterocycles. The van der Waals surface area contributed by atoms with Crippen molar-refractivity contribution in [2.75, 3.05) is 13.2 Å². The fourth-order valence-corrected chi connectivity index (χ4v) is 1.82. The molecule has 92 valence electrons. The predicted octanol–water partition coefficient (Wildman–Crippen LogP) is 1.34. The summed E-state index contributed by atoms with van der Waals surface area (Å²) in [7, 11) is 0.